The average molecular weight is 845 g/mol. The predicted octanol–water partition coefficient (Wildman–Crippen LogP) is 9.55. The third-order valence-electron chi connectivity index (χ3n) is 12.4. The topological polar surface area (TPSA) is 98.1 Å². The SMILES string of the molecule is O=C1c2ncn([C@@H]3O[C@H](COC(c4ccccc4)(c4ccccc4)c4ccccc4)[C@@H](OC(c4ccccc4)(c4ccccc4)c4ccccc4)[C@H]3O)c2NCN1Cc1ccccc1. The first-order valence-corrected chi connectivity index (χ1v) is 21.7. The second-order valence-electron chi connectivity index (χ2n) is 16.2. The molecule has 2 aliphatic rings. The maximum absolute atomic E-state index is 14.0. The monoisotopic (exact) mass is 844 g/mol. The zero-order valence-electron chi connectivity index (χ0n) is 35.1. The number of aliphatic hydroxyl groups is 1. The molecule has 0 aliphatic carbocycles. The number of hydrogen-bond acceptors (Lipinski definition) is 7. The van der Waals surface area contributed by atoms with Crippen LogP contribution in [0, 0.1) is 0 Å². The average Bonchev–Trinajstić information content (AvgIpc) is 3.94. The fourth-order valence-electron chi connectivity index (χ4n) is 9.34. The number of anilines is 1. The van der Waals surface area contributed by atoms with Gasteiger partial charge in [0, 0.05) is 6.54 Å². The van der Waals surface area contributed by atoms with Gasteiger partial charge in [-0.2, -0.15) is 0 Å². The number of rotatable bonds is 14. The zero-order chi connectivity index (χ0) is 43.4. The van der Waals surface area contributed by atoms with Gasteiger partial charge in [-0.15, -0.1) is 0 Å². The third kappa shape index (κ3) is 7.48. The smallest absolute Gasteiger partial charge is 0.278 e. The lowest BCUT2D eigenvalue weighted by Gasteiger charge is -2.41. The summed E-state index contributed by atoms with van der Waals surface area (Å²) in [6.07, 6.45) is -2.55. The first-order chi connectivity index (χ1) is 31.6. The van der Waals surface area contributed by atoms with Gasteiger partial charge in [-0.3, -0.25) is 9.36 Å². The van der Waals surface area contributed by atoms with E-state index in [1.165, 1.54) is 0 Å². The fourth-order valence-corrected chi connectivity index (χ4v) is 9.34. The van der Waals surface area contributed by atoms with E-state index >= 15 is 0 Å². The molecular formula is C55H48N4O5. The summed E-state index contributed by atoms with van der Waals surface area (Å²) in [5, 5.41) is 16.3. The molecule has 0 bridgehead atoms. The van der Waals surface area contributed by atoms with Crippen LogP contribution in [0.15, 0.2) is 219 Å². The number of aromatic nitrogens is 2. The van der Waals surface area contributed by atoms with E-state index in [4.69, 9.17) is 14.2 Å². The molecule has 0 radical (unpaired) electrons. The molecule has 10 rings (SSSR count). The maximum Gasteiger partial charge on any atom is 0.278 e. The molecule has 1 saturated heterocycles. The highest BCUT2D eigenvalue weighted by atomic mass is 16.6. The Morgan fingerprint density at radius 2 is 1.00 bits per heavy atom. The Bertz CT molecular complexity index is 2570. The molecule has 1 amide bonds. The fraction of sp³-hybridized carbons (Fsp3) is 0.164. The van der Waals surface area contributed by atoms with Crippen LogP contribution in [0.5, 0.6) is 0 Å². The van der Waals surface area contributed by atoms with Gasteiger partial charge in [-0.05, 0) is 38.9 Å². The van der Waals surface area contributed by atoms with E-state index in [0.717, 1.165) is 38.9 Å². The molecule has 9 nitrogen and oxygen atoms in total. The van der Waals surface area contributed by atoms with Crippen LogP contribution in [-0.2, 0) is 32.0 Å². The number of ether oxygens (including phenoxy) is 3. The summed E-state index contributed by atoms with van der Waals surface area (Å²) in [6, 6.07) is 70.7. The van der Waals surface area contributed by atoms with Gasteiger partial charge in [0.1, 0.15) is 35.3 Å². The molecule has 3 heterocycles. The van der Waals surface area contributed by atoms with Crippen molar-refractivity contribution in [1.82, 2.24) is 14.5 Å². The third-order valence-corrected chi connectivity index (χ3v) is 12.4. The Morgan fingerprint density at radius 3 is 1.44 bits per heavy atom. The molecule has 8 aromatic rings. The van der Waals surface area contributed by atoms with Crippen LogP contribution in [0.1, 0.15) is 55.7 Å². The molecule has 318 valence electrons. The molecule has 2 N–H and O–H groups in total. The van der Waals surface area contributed by atoms with Crippen molar-refractivity contribution in [3.8, 4) is 0 Å². The van der Waals surface area contributed by atoms with Crippen LogP contribution < -0.4 is 5.32 Å². The maximum atomic E-state index is 14.0. The summed E-state index contributed by atoms with van der Waals surface area (Å²) in [6.45, 7) is 0.664. The van der Waals surface area contributed by atoms with Crippen molar-refractivity contribution in [3.05, 3.63) is 263 Å². The Labute approximate surface area is 373 Å². The summed E-state index contributed by atoms with van der Waals surface area (Å²) in [5.74, 6) is 0.248. The number of nitrogens with one attached hydrogen (secondary N) is 1. The summed E-state index contributed by atoms with van der Waals surface area (Å²) < 4.78 is 23.9. The molecule has 0 spiro atoms. The number of fused-ring (bicyclic) bond motifs is 1. The molecule has 0 saturated carbocycles. The van der Waals surface area contributed by atoms with Crippen molar-refractivity contribution < 1.29 is 24.1 Å². The first-order valence-electron chi connectivity index (χ1n) is 21.7. The van der Waals surface area contributed by atoms with E-state index in [0.29, 0.717) is 12.4 Å². The highest BCUT2D eigenvalue weighted by molar-refractivity contribution is 5.98. The van der Waals surface area contributed by atoms with Crippen LogP contribution >= 0.6 is 0 Å². The molecule has 2 aliphatic heterocycles. The summed E-state index contributed by atoms with van der Waals surface area (Å²) in [4.78, 5) is 20.3. The number of benzene rings is 7. The lowest BCUT2D eigenvalue weighted by atomic mass is 9.79. The minimum absolute atomic E-state index is 0.000537. The highest BCUT2D eigenvalue weighted by Gasteiger charge is 2.53. The molecule has 64 heavy (non-hydrogen) atoms. The summed E-state index contributed by atoms with van der Waals surface area (Å²) >= 11 is 0. The molecule has 1 fully saturated rings. The van der Waals surface area contributed by atoms with E-state index in [-0.39, 0.29) is 24.9 Å². The Balaban J connectivity index is 1.09. The van der Waals surface area contributed by atoms with E-state index < -0.39 is 35.7 Å². The van der Waals surface area contributed by atoms with Gasteiger partial charge in [-0.25, -0.2) is 4.98 Å². The number of amides is 1. The van der Waals surface area contributed by atoms with Gasteiger partial charge in [0.2, 0.25) is 0 Å². The highest BCUT2D eigenvalue weighted by Crippen LogP contribution is 2.47. The molecule has 9 heteroatoms. The minimum atomic E-state index is -1.26. The van der Waals surface area contributed by atoms with Gasteiger partial charge < -0.3 is 29.5 Å². The van der Waals surface area contributed by atoms with Crippen molar-refractivity contribution in [2.75, 3.05) is 18.6 Å². The number of nitrogens with zero attached hydrogens (tertiary/aromatic N) is 3. The lowest BCUT2D eigenvalue weighted by Crippen LogP contribution is -2.46. The van der Waals surface area contributed by atoms with E-state index in [2.05, 4.69) is 83.1 Å². The number of aliphatic hydroxyl groups excluding tert-OH is 1. The quantitative estimate of drug-likeness (QED) is 0.105. The van der Waals surface area contributed by atoms with Gasteiger partial charge in [-0.1, -0.05) is 212 Å². The van der Waals surface area contributed by atoms with Gasteiger partial charge in [0.25, 0.3) is 5.91 Å². The van der Waals surface area contributed by atoms with Gasteiger partial charge in [0.15, 0.2) is 11.9 Å². The Kier molecular flexibility index (Phi) is 11.5. The minimum Gasteiger partial charge on any atom is -0.386 e. The lowest BCUT2D eigenvalue weighted by molar-refractivity contribution is -0.131. The molecule has 7 aromatic carbocycles. The molecular weight excluding hydrogens is 797 g/mol. The Morgan fingerprint density at radius 1 is 0.594 bits per heavy atom. The molecule has 1 aromatic heterocycles. The van der Waals surface area contributed by atoms with Crippen LogP contribution in [0.4, 0.5) is 5.82 Å². The van der Waals surface area contributed by atoms with Crippen LogP contribution in [0.25, 0.3) is 0 Å². The number of carbonyl (C=O) groups is 1. The number of imidazole rings is 1. The van der Waals surface area contributed by atoms with Crippen LogP contribution in [0.3, 0.4) is 0 Å². The number of carbonyl (C=O) groups excluding carboxylic acids is 1. The summed E-state index contributed by atoms with van der Waals surface area (Å²) in [7, 11) is 0. The van der Waals surface area contributed by atoms with Crippen LogP contribution in [-0.4, -0.2) is 57.1 Å². The van der Waals surface area contributed by atoms with Crippen molar-refractivity contribution in [2.45, 2.75) is 42.3 Å². The largest absolute Gasteiger partial charge is 0.386 e. The van der Waals surface area contributed by atoms with Gasteiger partial charge in [0.05, 0.1) is 19.6 Å². The summed E-state index contributed by atoms with van der Waals surface area (Å²) in [5.41, 5.74) is 4.38. The second-order valence-corrected chi connectivity index (χ2v) is 16.2. The van der Waals surface area contributed by atoms with E-state index in [9.17, 15) is 9.90 Å². The normalized spacial score (nSPS) is 18.6. The van der Waals surface area contributed by atoms with Crippen molar-refractivity contribution in [1.29, 1.82) is 0 Å². The number of hydrogen-bond donors (Lipinski definition) is 2. The van der Waals surface area contributed by atoms with Crippen LogP contribution in [0.2, 0.25) is 0 Å². The zero-order valence-corrected chi connectivity index (χ0v) is 35.1. The first kappa shape index (κ1) is 40.9. The van der Waals surface area contributed by atoms with E-state index in [1.54, 1.807) is 15.8 Å². The standard InChI is InChI=1S/C55H48N4O5/c60-49-50(64-55(44-30-16-5-17-31-44,45-32-18-6-19-33-45)46-34-20-7-21-35-46)47(63-53(49)59-39-56-48-51(59)57-38-58(52(48)61)36-40-22-8-1-9-23-40)37-62-54(41-24-10-2-11-25-41,42-26-12-3-13-27-42)43-28-14-4-15-29-43/h1-35,39,47,49-50,53,57,60H,36-38H2/t47-,49-,50-,53-/m1/s1. The van der Waals surface area contributed by atoms with E-state index in [1.807, 2.05) is 140 Å². The van der Waals surface area contributed by atoms with Crippen molar-refractivity contribution in [2.24, 2.45) is 0 Å². The second kappa shape index (κ2) is 17.9. The molecule has 0 unspecified atom stereocenters. The Hall–Kier alpha value is -7.14. The van der Waals surface area contributed by atoms with Crippen molar-refractivity contribution in [3.63, 3.8) is 0 Å². The van der Waals surface area contributed by atoms with Crippen molar-refractivity contribution >= 4 is 11.7 Å². The van der Waals surface area contributed by atoms with Gasteiger partial charge >= 0.3 is 0 Å². The predicted molar refractivity (Wildman–Crippen MR) is 246 cm³/mol. The molecule has 4 atom stereocenters.